The summed E-state index contributed by atoms with van der Waals surface area (Å²) in [7, 11) is 0. The van der Waals surface area contributed by atoms with E-state index in [2.05, 4.69) is 86.0 Å². The molecule has 46 heavy (non-hydrogen) atoms. The Morgan fingerprint density at radius 2 is 1.13 bits per heavy atom. The average Bonchev–Trinajstić information content (AvgIpc) is 3.04. The van der Waals surface area contributed by atoms with Crippen molar-refractivity contribution in [2.45, 2.75) is 155 Å². The fourth-order valence-corrected chi connectivity index (χ4v) is 4.69. The van der Waals surface area contributed by atoms with Gasteiger partial charge in [0.25, 0.3) is 0 Å². The van der Waals surface area contributed by atoms with E-state index in [9.17, 15) is 14.4 Å². The third-order valence-corrected chi connectivity index (χ3v) is 7.35. The van der Waals surface area contributed by atoms with E-state index in [1.54, 1.807) is 0 Å². The third kappa shape index (κ3) is 33.7. The van der Waals surface area contributed by atoms with Crippen LogP contribution in [0.2, 0.25) is 0 Å². The Morgan fingerprint density at radius 1 is 0.609 bits per heavy atom. The molecule has 0 aliphatic heterocycles. The van der Waals surface area contributed by atoms with Gasteiger partial charge in [-0.3, -0.25) is 14.4 Å². The van der Waals surface area contributed by atoms with Crippen LogP contribution in [0, 0.1) is 0 Å². The number of carbonyl (C=O) groups excluding carboxylic acids is 2. The number of nitrogens with one attached hydrogen (secondary N) is 1. The fraction of sp³-hybridized carbons (Fsp3) is 0.625. The number of esters is 1. The van der Waals surface area contributed by atoms with E-state index in [1.165, 1.54) is 19.3 Å². The van der Waals surface area contributed by atoms with Crippen LogP contribution in [0.3, 0.4) is 0 Å². The Kier molecular flexibility index (Phi) is 32.3. The Labute approximate surface area is 281 Å². The molecule has 0 aromatic heterocycles. The van der Waals surface area contributed by atoms with Gasteiger partial charge in [-0.15, -0.1) is 0 Å². The second-order valence-electron chi connectivity index (χ2n) is 11.7. The molecule has 2 N–H and O–H groups in total. The second kappa shape index (κ2) is 34.7. The van der Waals surface area contributed by atoms with Gasteiger partial charge in [0.05, 0.1) is 0 Å². The lowest BCUT2D eigenvalue weighted by Crippen LogP contribution is -2.28. The Bertz CT molecular complexity index is 928. The molecule has 1 atom stereocenters. The smallest absolute Gasteiger partial charge is 0.322 e. The minimum Gasteiger partial charge on any atom is -0.480 e. The minimum absolute atomic E-state index is 0.126. The molecule has 0 spiro atoms. The van der Waals surface area contributed by atoms with Crippen molar-refractivity contribution in [3.05, 3.63) is 72.9 Å². The van der Waals surface area contributed by atoms with E-state index in [-0.39, 0.29) is 24.5 Å². The summed E-state index contributed by atoms with van der Waals surface area (Å²) in [5.41, 5.74) is 0. The van der Waals surface area contributed by atoms with E-state index in [0.717, 1.165) is 103 Å². The lowest BCUT2D eigenvalue weighted by atomic mass is 10.1. The van der Waals surface area contributed by atoms with Crippen LogP contribution in [0.1, 0.15) is 149 Å². The lowest BCUT2D eigenvalue weighted by Gasteiger charge is -2.14. The highest BCUT2D eigenvalue weighted by molar-refractivity contribution is 5.80. The first-order chi connectivity index (χ1) is 22.5. The van der Waals surface area contributed by atoms with Gasteiger partial charge in [-0.1, -0.05) is 119 Å². The van der Waals surface area contributed by atoms with E-state index in [0.29, 0.717) is 12.8 Å². The topological polar surface area (TPSA) is 92.7 Å². The van der Waals surface area contributed by atoms with Crippen LogP contribution in [-0.2, 0) is 19.1 Å². The summed E-state index contributed by atoms with van der Waals surface area (Å²) in [4.78, 5) is 34.8. The van der Waals surface area contributed by atoms with Crippen molar-refractivity contribution < 1.29 is 24.2 Å². The van der Waals surface area contributed by atoms with Crippen molar-refractivity contribution in [3.8, 4) is 0 Å². The maximum absolute atomic E-state index is 12.6. The summed E-state index contributed by atoms with van der Waals surface area (Å²) in [5.74, 6) is -1.39. The van der Waals surface area contributed by atoms with Gasteiger partial charge in [-0.05, 0) is 89.5 Å². The number of allylic oxidation sites excluding steroid dienone is 11. The molecule has 0 saturated heterocycles. The highest BCUT2D eigenvalue weighted by Crippen LogP contribution is 2.14. The first-order valence-corrected chi connectivity index (χ1v) is 18.1. The first kappa shape index (κ1) is 42.9. The van der Waals surface area contributed by atoms with Crippen molar-refractivity contribution in [1.29, 1.82) is 0 Å². The van der Waals surface area contributed by atoms with Gasteiger partial charge >= 0.3 is 11.9 Å². The van der Waals surface area contributed by atoms with Crippen molar-refractivity contribution in [3.63, 3.8) is 0 Å². The zero-order valence-corrected chi connectivity index (χ0v) is 29.1. The molecule has 0 heterocycles. The SMILES string of the molecule is CC/C=C\C/C=C\C/C=C\C/C=C\CCCCCCC(=O)OC(/C=C\C/C=C\CCCCC)CCCCCCC(=O)NCC(=O)O. The normalized spacial score (nSPS) is 12.9. The second-order valence-corrected chi connectivity index (χ2v) is 11.7. The molecule has 0 aliphatic rings. The highest BCUT2D eigenvalue weighted by atomic mass is 16.5. The number of ether oxygens (including phenoxy) is 1. The zero-order valence-electron chi connectivity index (χ0n) is 29.1. The number of amides is 1. The largest absolute Gasteiger partial charge is 0.480 e. The van der Waals surface area contributed by atoms with Gasteiger partial charge in [-0.2, -0.15) is 0 Å². The Balaban J connectivity index is 4.25. The fourth-order valence-electron chi connectivity index (χ4n) is 4.69. The number of carbonyl (C=O) groups is 3. The van der Waals surface area contributed by atoms with Gasteiger partial charge in [0.2, 0.25) is 5.91 Å². The summed E-state index contributed by atoms with van der Waals surface area (Å²) in [6, 6.07) is 0. The number of carboxylic acids is 1. The molecule has 260 valence electrons. The summed E-state index contributed by atoms with van der Waals surface area (Å²) in [5, 5.41) is 11.0. The monoisotopic (exact) mass is 639 g/mol. The average molecular weight is 640 g/mol. The van der Waals surface area contributed by atoms with E-state index >= 15 is 0 Å². The van der Waals surface area contributed by atoms with Crippen molar-refractivity contribution >= 4 is 17.8 Å². The molecule has 1 unspecified atom stereocenters. The molecule has 0 radical (unpaired) electrons. The van der Waals surface area contributed by atoms with Gasteiger partial charge in [-0.25, -0.2) is 0 Å². The molecule has 0 fully saturated rings. The predicted octanol–water partition coefficient (Wildman–Crippen LogP) is 10.7. The predicted molar refractivity (Wildman–Crippen MR) is 194 cm³/mol. The van der Waals surface area contributed by atoms with Crippen LogP contribution in [0.15, 0.2) is 72.9 Å². The lowest BCUT2D eigenvalue weighted by molar-refractivity contribution is -0.147. The van der Waals surface area contributed by atoms with E-state index < -0.39 is 5.97 Å². The van der Waals surface area contributed by atoms with Crippen LogP contribution < -0.4 is 5.32 Å². The van der Waals surface area contributed by atoms with Gasteiger partial charge in [0, 0.05) is 12.8 Å². The number of hydrogen-bond acceptors (Lipinski definition) is 4. The zero-order chi connectivity index (χ0) is 33.8. The van der Waals surface area contributed by atoms with Crippen molar-refractivity contribution in [1.82, 2.24) is 5.32 Å². The number of carboxylic acid groups (broad SMARTS) is 1. The standard InChI is InChI=1S/C40H65NO5/c1-3-5-7-9-11-13-14-15-16-17-18-19-20-21-23-25-31-35-40(45)46-37(32-28-24-22-12-10-8-6-4-2)33-29-26-27-30-34-38(42)41-36-39(43)44/h5,7,11-13,15-16,18-19,22,28,32,37H,3-4,6,8-10,14,17,20-21,23-27,29-31,33-36H2,1-2H3,(H,41,42)(H,43,44)/b7-5-,13-11-,16-15-,19-18-,22-12-,32-28-. The minimum atomic E-state index is -1.04. The molecule has 0 rings (SSSR count). The third-order valence-electron chi connectivity index (χ3n) is 7.35. The van der Waals surface area contributed by atoms with Crippen LogP contribution >= 0.6 is 0 Å². The molecule has 0 aromatic carbocycles. The molecule has 0 aromatic rings. The van der Waals surface area contributed by atoms with Gasteiger partial charge < -0.3 is 15.2 Å². The van der Waals surface area contributed by atoms with Crippen LogP contribution in [0.4, 0.5) is 0 Å². The molecule has 0 saturated carbocycles. The van der Waals surface area contributed by atoms with Crippen molar-refractivity contribution in [2.24, 2.45) is 0 Å². The maximum Gasteiger partial charge on any atom is 0.322 e. The summed E-state index contributed by atoms with van der Waals surface area (Å²) in [6.07, 6.45) is 46.0. The summed E-state index contributed by atoms with van der Waals surface area (Å²) < 4.78 is 5.84. The van der Waals surface area contributed by atoms with E-state index in [1.807, 2.05) is 6.08 Å². The number of hydrogen-bond donors (Lipinski definition) is 2. The molecule has 6 nitrogen and oxygen atoms in total. The first-order valence-electron chi connectivity index (χ1n) is 18.1. The summed E-state index contributed by atoms with van der Waals surface area (Å²) >= 11 is 0. The molecule has 1 amide bonds. The molecular weight excluding hydrogens is 574 g/mol. The Morgan fingerprint density at radius 3 is 1.74 bits per heavy atom. The van der Waals surface area contributed by atoms with Crippen LogP contribution in [-0.4, -0.2) is 35.6 Å². The van der Waals surface area contributed by atoms with Gasteiger partial charge in [0.15, 0.2) is 0 Å². The highest BCUT2D eigenvalue weighted by Gasteiger charge is 2.11. The summed E-state index contributed by atoms with van der Waals surface area (Å²) in [6.45, 7) is 4.02. The number of unbranched alkanes of at least 4 members (excludes halogenated alkanes) is 10. The Hall–Kier alpha value is -3.15. The van der Waals surface area contributed by atoms with E-state index in [4.69, 9.17) is 9.84 Å². The van der Waals surface area contributed by atoms with Gasteiger partial charge in [0.1, 0.15) is 12.6 Å². The number of aliphatic carboxylic acids is 1. The quantitative estimate of drug-likeness (QED) is 0.0447. The van der Waals surface area contributed by atoms with Crippen molar-refractivity contribution in [2.75, 3.05) is 6.54 Å². The molecule has 0 aliphatic carbocycles. The maximum atomic E-state index is 12.6. The molecular formula is C40H65NO5. The molecule has 0 bridgehead atoms. The molecule has 6 heteroatoms. The number of rotatable bonds is 31. The van der Waals surface area contributed by atoms with Crippen LogP contribution in [0.5, 0.6) is 0 Å². The van der Waals surface area contributed by atoms with Crippen LogP contribution in [0.25, 0.3) is 0 Å².